The minimum Gasteiger partial charge on any atom is -0.448 e. The van der Waals surface area contributed by atoms with E-state index in [-0.39, 0.29) is 11.3 Å². The molecule has 6 heteroatoms. The van der Waals surface area contributed by atoms with Gasteiger partial charge in [-0.1, -0.05) is 39.7 Å². The summed E-state index contributed by atoms with van der Waals surface area (Å²) in [6.07, 6.45) is 0. The van der Waals surface area contributed by atoms with Crippen LogP contribution in [0.1, 0.15) is 16.1 Å². The monoisotopic (exact) mass is 381 g/mol. The highest BCUT2D eigenvalue weighted by atomic mass is 79.9. The molecule has 1 N–H and O–H groups in total. The Bertz CT molecular complexity index is 891. The van der Waals surface area contributed by atoms with Crippen molar-refractivity contribution in [3.8, 4) is 0 Å². The summed E-state index contributed by atoms with van der Waals surface area (Å²) in [5, 5.41) is 3.63. The van der Waals surface area contributed by atoms with Crippen molar-refractivity contribution in [2.75, 3.05) is 5.32 Å². The minimum absolute atomic E-state index is 0.0686. The predicted molar refractivity (Wildman–Crippen MR) is 88.0 cm³/mol. The number of benzene rings is 2. The minimum atomic E-state index is -0.499. The lowest BCUT2D eigenvalue weighted by Crippen LogP contribution is -2.12. The van der Waals surface area contributed by atoms with Crippen molar-refractivity contribution < 1.29 is 13.6 Å². The first kappa shape index (κ1) is 15.1. The van der Waals surface area contributed by atoms with Crippen molar-refractivity contribution in [1.29, 1.82) is 0 Å². The van der Waals surface area contributed by atoms with E-state index in [0.717, 1.165) is 4.47 Å². The van der Waals surface area contributed by atoms with Gasteiger partial charge in [0.1, 0.15) is 0 Å². The number of nitrogens with one attached hydrogen (secondary N) is 1. The Morgan fingerprint density at radius 3 is 2.77 bits per heavy atom. The molecule has 0 atom stereocenters. The highest BCUT2D eigenvalue weighted by Crippen LogP contribution is 2.30. The zero-order chi connectivity index (χ0) is 15.9. The van der Waals surface area contributed by atoms with E-state index < -0.39 is 11.7 Å². The Labute approximate surface area is 139 Å². The van der Waals surface area contributed by atoms with E-state index in [1.165, 1.54) is 6.07 Å². The molecule has 0 unspecified atom stereocenters. The maximum atomic E-state index is 13.7. The number of para-hydroxylation sites is 1. The summed E-state index contributed by atoms with van der Waals surface area (Å²) in [4.78, 5) is 12.4. The molecule has 3 nitrogen and oxygen atoms in total. The van der Waals surface area contributed by atoms with E-state index in [0.29, 0.717) is 21.7 Å². The van der Waals surface area contributed by atoms with Crippen LogP contribution in [0.3, 0.4) is 0 Å². The van der Waals surface area contributed by atoms with Gasteiger partial charge in [-0.05, 0) is 31.2 Å². The zero-order valence-corrected chi connectivity index (χ0v) is 13.8. The third kappa shape index (κ3) is 2.62. The molecule has 0 aliphatic rings. The first-order valence-electron chi connectivity index (χ1n) is 6.41. The summed E-state index contributed by atoms with van der Waals surface area (Å²) in [6, 6.07) is 9.67. The zero-order valence-electron chi connectivity index (χ0n) is 11.4. The Balaban J connectivity index is 1.99. The second-order valence-electron chi connectivity index (χ2n) is 4.75. The maximum absolute atomic E-state index is 13.7. The first-order chi connectivity index (χ1) is 10.5. The summed E-state index contributed by atoms with van der Waals surface area (Å²) < 4.78 is 19.9. The van der Waals surface area contributed by atoms with Gasteiger partial charge in [0.15, 0.2) is 17.2 Å². The molecule has 0 bridgehead atoms. The van der Waals surface area contributed by atoms with Crippen molar-refractivity contribution in [1.82, 2.24) is 0 Å². The molecule has 3 rings (SSSR count). The molecule has 1 heterocycles. The molecule has 1 amide bonds. The highest BCUT2D eigenvalue weighted by molar-refractivity contribution is 9.10. The topological polar surface area (TPSA) is 42.2 Å². The second-order valence-corrected chi connectivity index (χ2v) is 6.07. The second kappa shape index (κ2) is 5.74. The lowest BCUT2D eigenvalue weighted by molar-refractivity contribution is 0.0997. The van der Waals surface area contributed by atoms with Crippen LogP contribution in [0.4, 0.5) is 10.1 Å². The summed E-state index contributed by atoms with van der Waals surface area (Å²) in [6.45, 7) is 1.71. The van der Waals surface area contributed by atoms with Gasteiger partial charge in [-0.3, -0.25) is 4.79 Å². The van der Waals surface area contributed by atoms with Crippen LogP contribution in [0, 0.1) is 12.7 Å². The fourth-order valence-corrected chi connectivity index (χ4v) is 2.92. The molecule has 112 valence electrons. The molecule has 0 aliphatic carbocycles. The average Bonchev–Trinajstić information content (AvgIpc) is 2.81. The number of rotatable bonds is 2. The third-order valence-corrected chi connectivity index (χ3v) is 4.11. The molecule has 0 radical (unpaired) electrons. The van der Waals surface area contributed by atoms with Gasteiger partial charge in [-0.2, -0.15) is 0 Å². The lowest BCUT2D eigenvalue weighted by atomic mass is 10.1. The van der Waals surface area contributed by atoms with E-state index in [2.05, 4.69) is 21.2 Å². The van der Waals surface area contributed by atoms with Crippen molar-refractivity contribution in [3.63, 3.8) is 0 Å². The quantitative estimate of drug-likeness (QED) is 0.631. The molecule has 0 fully saturated rings. The third-order valence-electron chi connectivity index (χ3n) is 3.30. The Kier molecular flexibility index (Phi) is 3.93. The number of fused-ring (bicyclic) bond motifs is 1. The van der Waals surface area contributed by atoms with Crippen LogP contribution in [-0.4, -0.2) is 5.91 Å². The van der Waals surface area contributed by atoms with Gasteiger partial charge < -0.3 is 9.73 Å². The fourth-order valence-electron chi connectivity index (χ4n) is 2.20. The number of anilines is 1. The van der Waals surface area contributed by atoms with Gasteiger partial charge in [0.25, 0.3) is 5.91 Å². The van der Waals surface area contributed by atoms with Gasteiger partial charge >= 0.3 is 0 Å². The standard InChI is InChI=1S/C16H10BrClFNO2/c1-8-10-3-2-4-12(19)15(10)22-14(8)16(21)20-13-6-5-9(17)7-11(13)18/h2-7H,1H3,(H,20,21). The number of aryl methyl sites for hydroxylation is 1. The van der Waals surface area contributed by atoms with Gasteiger partial charge in [0.05, 0.1) is 10.7 Å². The Hall–Kier alpha value is -1.85. The molecule has 0 spiro atoms. The van der Waals surface area contributed by atoms with Crippen LogP contribution in [-0.2, 0) is 0 Å². The van der Waals surface area contributed by atoms with Crippen LogP contribution in [0.5, 0.6) is 0 Å². The molecule has 1 aromatic heterocycles. The number of halogens is 3. The number of carbonyl (C=O) groups is 1. The summed E-state index contributed by atoms with van der Waals surface area (Å²) in [7, 11) is 0. The van der Waals surface area contributed by atoms with Gasteiger partial charge in [-0.25, -0.2) is 4.39 Å². The highest BCUT2D eigenvalue weighted by Gasteiger charge is 2.20. The Morgan fingerprint density at radius 2 is 2.09 bits per heavy atom. The number of carbonyl (C=O) groups excluding carboxylic acids is 1. The molecular formula is C16H10BrClFNO2. The van der Waals surface area contributed by atoms with Crippen molar-refractivity contribution in [2.45, 2.75) is 6.92 Å². The van der Waals surface area contributed by atoms with Crippen LogP contribution < -0.4 is 5.32 Å². The SMILES string of the molecule is Cc1c(C(=O)Nc2ccc(Br)cc2Cl)oc2c(F)cccc12. The Morgan fingerprint density at radius 1 is 1.32 bits per heavy atom. The number of amides is 1. The molecule has 2 aromatic carbocycles. The smallest absolute Gasteiger partial charge is 0.291 e. The average molecular weight is 383 g/mol. The summed E-state index contributed by atoms with van der Waals surface area (Å²) in [5.74, 6) is -0.905. The van der Waals surface area contributed by atoms with Gasteiger partial charge in [0, 0.05) is 15.4 Å². The number of furan rings is 1. The summed E-state index contributed by atoms with van der Waals surface area (Å²) in [5.41, 5.74) is 1.11. The lowest BCUT2D eigenvalue weighted by Gasteiger charge is -2.06. The maximum Gasteiger partial charge on any atom is 0.291 e. The van der Waals surface area contributed by atoms with Crippen LogP contribution in [0.25, 0.3) is 11.0 Å². The summed E-state index contributed by atoms with van der Waals surface area (Å²) >= 11 is 9.36. The normalized spacial score (nSPS) is 10.9. The van der Waals surface area contributed by atoms with E-state index >= 15 is 0 Å². The van der Waals surface area contributed by atoms with Crippen molar-refractivity contribution in [2.24, 2.45) is 0 Å². The van der Waals surface area contributed by atoms with E-state index in [4.69, 9.17) is 16.0 Å². The first-order valence-corrected chi connectivity index (χ1v) is 7.58. The van der Waals surface area contributed by atoms with Gasteiger partial charge in [-0.15, -0.1) is 0 Å². The van der Waals surface area contributed by atoms with Crippen LogP contribution >= 0.6 is 27.5 Å². The molecular weight excluding hydrogens is 373 g/mol. The number of hydrogen-bond donors (Lipinski definition) is 1. The number of hydrogen-bond acceptors (Lipinski definition) is 2. The van der Waals surface area contributed by atoms with Crippen molar-refractivity contribution >= 4 is 50.1 Å². The molecule has 0 saturated carbocycles. The predicted octanol–water partition coefficient (Wildman–Crippen LogP) is 5.55. The van der Waals surface area contributed by atoms with Crippen LogP contribution in [0.2, 0.25) is 5.02 Å². The molecule has 0 saturated heterocycles. The van der Waals surface area contributed by atoms with Crippen molar-refractivity contribution in [3.05, 3.63) is 63.0 Å². The van der Waals surface area contributed by atoms with Gasteiger partial charge in [0.2, 0.25) is 0 Å². The van der Waals surface area contributed by atoms with E-state index in [9.17, 15) is 9.18 Å². The van der Waals surface area contributed by atoms with E-state index in [1.54, 1.807) is 37.3 Å². The molecule has 22 heavy (non-hydrogen) atoms. The molecule has 0 aliphatic heterocycles. The largest absolute Gasteiger partial charge is 0.448 e. The van der Waals surface area contributed by atoms with E-state index in [1.807, 2.05) is 0 Å². The molecule has 3 aromatic rings. The van der Waals surface area contributed by atoms with Crippen LogP contribution in [0.15, 0.2) is 45.3 Å². The fraction of sp³-hybridized carbons (Fsp3) is 0.0625.